The fourth-order valence-electron chi connectivity index (χ4n) is 4.03. The van der Waals surface area contributed by atoms with Crippen LogP contribution in [0.5, 0.6) is 5.75 Å². The van der Waals surface area contributed by atoms with Crippen LogP contribution in [-0.2, 0) is 0 Å². The van der Waals surface area contributed by atoms with Crippen LogP contribution in [0.25, 0.3) is 10.8 Å². The zero-order valence-corrected chi connectivity index (χ0v) is 14.7. The molecule has 0 N–H and O–H groups in total. The second-order valence-electron chi connectivity index (χ2n) is 6.86. The summed E-state index contributed by atoms with van der Waals surface area (Å²) >= 11 is 0. The lowest BCUT2D eigenvalue weighted by Gasteiger charge is -2.19. The summed E-state index contributed by atoms with van der Waals surface area (Å²) in [5.74, 6) is 0.696. The van der Waals surface area contributed by atoms with E-state index < -0.39 is 6.10 Å². The number of Topliss-reactive ketones (excluding diaryl/α,β-unsaturated/α-hetero) is 1. The van der Waals surface area contributed by atoms with Crippen molar-refractivity contribution in [2.75, 3.05) is 0 Å². The van der Waals surface area contributed by atoms with Crippen molar-refractivity contribution in [2.24, 2.45) is 0 Å². The Morgan fingerprint density at radius 3 is 2.15 bits per heavy atom. The minimum atomic E-state index is -0.560. The predicted octanol–water partition coefficient (Wildman–Crippen LogP) is 5.62. The highest BCUT2D eigenvalue weighted by Crippen LogP contribution is 2.46. The van der Waals surface area contributed by atoms with Gasteiger partial charge < -0.3 is 4.74 Å². The van der Waals surface area contributed by atoms with Crippen LogP contribution >= 0.6 is 0 Å². The van der Waals surface area contributed by atoms with Gasteiger partial charge in [0.2, 0.25) is 5.78 Å². The predicted molar refractivity (Wildman–Crippen MR) is 107 cm³/mol. The zero-order valence-electron chi connectivity index (χ0n) is 14.7. The second kappa shape index (κ2) is 6.40. The van der Waals surface area contributed by atoms with Gasteiger partial charge in [-0.05, 0) is 22.4 Å². The first-order valence-corrected chi connectivity index (χ1v) is 9.15. The molecule has 2 heteroatoms. The van der Waals surface area contributed by atoms with Crippen LogP contribution in [0, 0.1) is 0 Å². The van der Waals surface area contributed by atoms with Crippen LogP contribution < -0.4 is 4.74 Å². The molecule has 0 aliphatic carbocycles. The maximum Gasteiger partial charge on any atom is 0.204 e. The molecule has 2 unspecified atom stereocenters. The van der Waals surface area contributed by atoms with Gasteiger partial charge in [0.05, 0.1) is 5.92 Å². The van der Waals surface area contributed by atoms with Crippen molar-refractivity contribution in [3.8, 4) is 5.75 Å². The molecule has 2 atom stereocenters. The number of hydrogen-bond donors (Lipinski definition) is 0. The Morgan fingerprint density at radius 1 is 0.704 bits per heavy atom. The van der Waals surface area contributed by atoms with Gasteiger partial charge in [-0.25, -0.2) is 0 Å². The molecule has 2 nitrogen and oxygen atoms in total. The van der Waals surface area contributed by atoms with E-state index in [0.29, 0.717) is 5.56 Å². The largest absolute Gasteiger partial charge is 0.481 e. The molecule has 27 heavy (non-hydrogen) atoms. The number of fused-ring (bicyclic) bond motifs is 3. The first kappa shape index (κ1) is 15.8. The van der Waals surface area contributed by atoms with E-state index in [1.54, 1.807) is 0 Å². The summed E-state index contributed by atoms with van der Waals surface area (Å²) in [4.78, 5) is 13.3. The van der Waals surface area contributed by atoms with Gasteiger partial charge in [0.15, 0.2) is 6.10 Å². The monoisotopic (exact) mass is 350 g/mol. The summed E-state index contributed by atoms with van der Waals surface area (Å²) in [7, 11) is 0. The molecule has 1 aliphatic rings. The zero-order chi connectivity index (χ0) is 18.2. The Morgan fingerprint density at radius 2 is 1.37 bits per heavy atom. The van der Waals surface area contributed by atoms with E-state index in [9.17, 15) is 4.79 Å². The van der Waals surface area contributed by atoms with Crippen LogP contribution in [0.1, 0.15) is 27.4 Å². The topological polar surface area (TPSA) is 26.3 Å². The highest BCUT2D eigenvalue weighted by molar-refractivity contribution is 6.02. The standard InChI is InChI=1S/C25H18O2/c26-24(19-12-5-2-6-13-19)25-22(18-10-3-1-4-11-18)23-20-14-8-7-9-17(20)15-16-21(23)27-25/h1-16,22,25H. The van der Waals surface area contributed by atoms with Crippen molar-refractivity contribution in [2.45, 2.75) is 12.0 Å². The smallest absolute Gasteiger partial charge is 0.204 e. The molecule has 0 spiro atoms. The third-order valence-electron chi connectivity index (χ3n) is 5.27. The third-order valence-corrected chi connectivity index (χ3v) is 5.27. The minimum Gasteiger partial charge on any atom is -0.481 e. The normalized spacial score (nSPS) is 18.1. The van der Waals surface area contributed by atoms with Crippen LogP contribution in [0.3, 0.4) is 0 Å². The molecule has 0 bridgehead atoms. The molecular formula is C25H18O2. The SMILES string of the molecule is O=C(c1ccccc1)C1Oc2ccc3ccccc3c2C1c1ccccc1. The Kier molecular flexibility index (Phi) is 3.75. The summed E-state index contributed by atoms with van der Waals surface area (Å²) in [6, 6.07) is 31.9. The number of ketones is 1. The van der Waals surface area contributed by atoms with Crippen LogP contribution in [-0.4, -0.2) is 11.9 Å². The molecule has 0 fully saturated rings. The first-order valence-electron chi connectivity index (χ1n) is 9.15. The maximum absolute atomic E-state index is 13.3. The molecular weight excluding hydrogens is 332 g/mol. The minimum absolute atomic E-state index is 0.0183. The van der Waals surface area contributed by atoms with Crippen molar-refractivity contribution in [1.29, 1.82) is 0 Å². The van der Waals surface area contributed by atoms with Crippen molar-refractivity contribution in [3.05, 3.63) is 114 Å². The molecule has 1 heterocycles. The van der Waals surface area contributed by atoms with Crippen molar-refractivity contribution >= 4 is 16.6 Å². The highest BCUT2D eigenvalue weighted by Gasteiger charge is 2.41. The van der Waals surface area contributed by atoms with Crippen LogP contribution in [0.4, 0.5) is 0 Å². The molecule has 130 valence electrons. The van der Waals surface area contributed by atoms with Crippen molar-refractivity contribution in [3.63, 3.8) is 0 Å². The Bertz CT molecular complexity index is 1120. The fraction of sp³-hybridized carbons (Fsp3) is 0.0800. The van der Waals surface area contributed by atoms with Crippen molar-refractivity contribution in [1.82, 2.24) is 0 Å². The third kappa shape index (κ3) is 2.61. The molecule has 4 aromatic carbocycles. The Hall–Kier alpha value is -3.39. The number of carbonyl (C=O) groups excluding carboxylic acids is 1. The van der Waals surface area contributed by atoms with Crippen LogP contribution in [0.15, 0.2) is 97.1 Å². The number of ether oxygens (including phenoxy) is 1. The van der Waals surface area contributed by atoms with Gasteiger partial charge in [-0.1, -0.05) is 91.0 Å². The van der Waals surface area contributed by atoms with Gasteiger partial charge in [0, 0.05) is 11.1 Å². The summed E-state index contributed by atoms with van der Waals surface area (Å²) in [5.41, 5.74) is 2.89. The molecule has 0 saturated heterocycles. The number of hydrogen-bond acceptors (Lipinski definition) is 2. The lowest BCUT2D eigenvalue weighted by atomic mass is 9.83. The fourth-order valence-corrected chi connectivity index (χ4v) is 4.03. The summed E-state index contributed by atoms with van der Waals surface area (Å²) in [6.07, 6.45) is -0.560. The average molecular weight is 350 g/mol. The number of benzene rings is 4. The van der Waals surface area contributed by atoms with Gasteiger partial charge in [-0.2, -0.15) is 0 Å². The van der Waals surface area contributed by atoms with Gasteiger partial charge >= 0.3 is 0 Å². The first-order chi connectivity index (χ1) is 13.3. The van der Waals surface area contributed by atoms with Crippen molar-refractivity contribution < 1.29 is 9.53 Å². The number of carbonyl (C=O) groups is 1. The van der Waals surface area contributed by atoms with E-state index in [1.165, 1.54) is 0 Å². The summed E-state index contributed by atoms with van der Waals surface area (Å²) in [6.45, 7) is 0. The Balaban J connectivity index is 1.71. The molecule has 1 aliphatic heterocycles. The summed E-state index contributed by atoms with van der Waals surface area (Å²) < 4.78 is 6.25. The molecule has 0 amide bonds. The molecule has 0 saturated carbocycles. The van der Waals surface area contributed by atoms with Gasteiger partial charge in [-0.15, -0.1) is 0 Å². The van der Waals surface area contributed by atoms with E-state index in [4.69, 9.17) is 4.74 Å². The maximum atomic E-state index is 13.3. The van der Waals surface area contributed by atoms with E-state index in [0.717, 1.165) is 27.6 Å². The lowest BCUT2D eigenvalue weighted by molar-refractivity contribution is 0.0807. The van der Waals surface area contributed by atoms with Gasteiger partial charge in [-0.3, -0.25) is 4.79 Å². The lowest BCUT2D eigenvalue weighted by Crippen LogP contribution is -2.30. The highest BCUT2D eigenvalue weighted by atomic mass is 16.5. The Labute approximate surface area is 158 Å². The van der Waals surface area contributed by atoms with Gasteiger partial charge in [0.1, 0.15) is 5.75 Å². The molecule has 0 radical (unpaired) electrons. The quantitative estimate of drug-likeness (QED) is 0.449. The molecule has 0 aromatic heterocycles. The van der Waals surface area contributed by atoms with E-state index in [1.807, 2.05) is 66.7 Å². The van der Waals surface area contributed by atoms with E-state index in [2.05, 4.69) is 30.3 Å². The summed E-state index contributed by atoms with van der Waals surface area (Å²) in [5, 5.41) is 2.31. The van der Waals surface area contributed by atoms with E-state index in [-0.39, 0.29) is 11.7 Å². The second-order valence-corrected chi connectivity index (χ2v) is 6.86. The molecule has 5 rings (SSSR count). The molecule has 4 aromatic rings. The van der Waals surface area contributed by atoms with Gasteiger partial charge in [0.25, 0.3) is 0 Å². The van der Waals surface area contributed by atoms with E-state index >= 15 is 0 Å². The number of rotatable bonds is 3. The average Bonchev–Trinajstić information content (AvgIpc) is 3.14. The van der Waals surface area contributed by atoms with Crippen LogP contribution in [0.2, 0.25) is 0 Å².